The van der Waals surface area contributed by atoms with Crippen LogP contribution in [0.15, 0.2) is 18.3 Å². The largest absolute Gasteiger partial charge is 0.325 e. The van der Waals surface area contributed by atoms with Gasteiger partial charge in [0.2, 0.25) is 5.91 Å². The summed E-state index contributed by atoms with van der Waals surface area (Å²) >= 11 is 0. The van der Waals surface area contributed by atoms with Crippen molar-refractivity contribution in [3.05, 3.63) is 24.0 Å². The fourth-order valence-corrected chi connectivity index (χ4v) is 0.879. The third-order valence-corrected chi connectivity index (χ3v) is 1.58. The first-order valence-electron chi connectivity index (χ1n) is 4.08. The average molecular weight is 179 g/mol. The molecule has 1 amide bonds. The minimum Gasteiger partial charge on any atom is -0.325 e. The normalized spacial score (nSPS) is 12.2. The van der Waals surface area contributed by atoms with Gasteiger partial charge in [-0.3, -0.25) is 9.78 Å². The first-order valence-corrected chi connectivity index (χ1v) is 4.08. The Balaban J connectivity index is 2.69. The zero-order chi connectivity index (χ0) is 9.84. The van der Waals surface area contributed by atoms with Gasteiger partial charge in [-0.1, -0.05) is 0 Å². The SMILES string of the molecule is Cc1cc(NC(=O)[C@@H](C)N)ccn1. The van der Waals surface area contributed by atoms with Crippen LogP contribution >= 0.6 is 0 Å². The van der Waals surface area contributed by atoms with Crippen LogP contribution < -0.4 is 11.1 Å². The van der Waals surface area contributed by atoms with Crippen molar-refractivity contribution in [2.45, 2.75) is 19.9 Å². The van der Waals surface area contributed by atoms with E-state index in [1.54, 1.807) is 25.3 Å². The number of hydrogen-bond acceptors (Lipinski definition) is 3. The molecule has 0 bridgehead atoms. The summed E-state index contributed by atoms with van der Waals surface area (Å²) in [4.78, 5) is 15.2. The zero-order valence-electron chi connectivity index (χ0n) is 7.74. The van der Waals surface area contributed by atoms with Crippen molar-refractivity contribution in [1.29, 1.82) is 0 Å². The van der Waals surface area contributed by atoms with Crippen molar-refractivity contribution in [3.63, 3.8) is 0 Å². The average Bonchev–Trinajstić information content (AvgIpc) is 2.04. The Labute approximate surface area is 77.2 Å². The van der Waals surface area contributed by atoms with Gasteiger partial charge >= 0.3 is 0 Å². The van der Waals surface area contributed by atoms with Gasteiger partial charge in [0.25, 0.3) is 0 Å². The summed E-state index contributed by atoms with van der Waals surface area (Å²) in [5, 5.41) is 2.68. The number of rotatable bonds is 2. The minimum atomic E-state index is -0.492. The molecule has 0 unspecified atom stereocenters. The molecule has 0 aromatic carbocycles. The van der Waals surface area contributed by atoms with E-state index < -0.39 is 6.04 Å². The number of nitrogens with zero attached hydrogens (tertiary/aromatic N) is 1. The van der Waals surface area contributed by atoms with Crippen LogP contribution in [0.2, 0.25) is 0 Å². The fourth-order valence-electron chi connectivity index (χ4n) is 0.879. The fraction of sp³-hybridized carbons (Fsp3) is 0.333. The van der Waals surface area contributed by atoms with Gasteiger partial charge < -0.3 is 11.1 Å². The predicted octanol–water partition coefficient (Wildman–Crippen LogP) is 0.676. The molecule has 0 saturated heterocycles. The van der Waals surface area contributed by atoms with Crippen LogP contribution in [0.4, 0.5) is 5.69 Å². The predicted molar refractivity (Wildman–Crippen MR) is 51.3 cm³/mol. The number of carbonyl (C=O) groups excluding carboxylic acids is 1. The number of aromatic nitrogens is 1. The highest BCUT2D eigenvalue weighted by Gasteiger charge is 2.06. The standard InChI is InChI=1S/C9H13N3O/c1-6-5-8(3-4-11-6)12-9(13)7(2)10/h3-5,7H,10H2,1-2H3,(H,11,12,13)/t7-/m1/s1. The van der Waals surface area contributed by atoms with Crippen LogP contribution in [0.25, 0.3) is 0 Å². The molecule has 0 saturated carbocycles. The van der Waals surface area contributed by atoms with E-state index in [1.165, 1.54) is 0 Å². The lowest BCUT2D eigenvalue weighted by Gasteiger charge is -2.07. The van der Waals surface area contributed by atoms with Gasteiger partial charge in [-0.25, -0.2) is 0 Å². The number of pyridine rings is 1. The second-order valence-electron chi connectivity index (χ2n) is 2.96. The Kier molecular flexibility index (Phi) is 2.97. The van der Waals surface area contributed by atoms with Gasteiger partial charge in [-0.15, -0.1) is 0 Å². The van der Waals surface area contributed by atoms with Crippen molar-refractivity contribution in [3.8, 4) is 0 Å². The molecular formula is C9H13N3O. The van der Waals surface area contributed by atoms with Crippen LogP contribution in [-0.2, 0) is 4.79 Å². The molecule has 1 aromatic rings. The lowest BCUT2D eigenvalue weighted by atomic mass is 10.3. The highest BCUT2D eigenvalue weighted by atomic mass is 16.2. The van der Waals surface area contributed by atoms with Crippen LogP contribution in [0.5, 0.6) is 0 Å². The molecule has 70 valence electrons. The Hall–Kier alpha value is -1.42. The van der Waals surface area contributed by atoms with Crippen molar-refractivity contribution in [2.24, 2.45) is 5.73 Å². The number of carbonyl (C=O) groups is 1. The maximum Gasteiger partial charge on any atom is 0.241 e. The Morgan fingerprint density at radius 2 is 2.38 bits per heavy atom. The molecule has 0 aliphatic rings. The molecule has 0 aliphatic heterocycles. The second kappa shape index (κ2) is 4.00. The van der Waals surface area contributed by atoms with Gasteiger partial charge in [0.1, 0.15) is 0 Å². The number of aryl methyl sites for hydroxylation is 1. The van der Waals surface area contributed by atoms with E-state index in [1.807, 2.05) is 6.92 Å². The van der Waals surface area contributed by atoms with Crippen LogP contribution in [0.3, 0.4) is 0 Å². The van der Waals surface area contributed by atoms with Gasteiger partial charge in [0, 0.05) is 17.6 Å². The summed E-state index contributed by atoms with van der Waals surface area (Å²) in [5.74, 6) is -0.189. The molecule has 0 aliphatic carbocycles. The van der Waals surface area contributed by atoms with E-state index in [-0.39, 0.29) is 5.91 Å². The number of nitrogens with two attached hydrogens (primary N) is 1. The van der Waals surface area contributed by atoms with Gasteiger partial charge in [0.05, 0.1) is 6.04 Å². The van der Waals surface area contributed by atoms with E-state index in [0.29, 0.717) is 0 Å². The molecule has 1 rings (SSSR count). The molecule has 4 nitrogen and oxygen atoms in total. The third kappa shape index (κ3) is 2.83. The summed E-state index contributed by atoms with van der Waals surface area (Å²) < 4.78 is 0. The zero-order valence-corrected chi connectivity index (χ0v) is 7.74. The van der Waals surface area contributed by atoms with E-state index in [4.69, 9.17) is 5.73 Å². The van der Waals surface area contributed by atoms with E-state index in [9.17, 15) is 4.79 Å². The molecule has 0 radical (unpaired) electrons. The van der Waals surface area contributed by atoms with Crippen molar-refractivity contribution in [2.75, 3.05) is 5.32 Å². The number of nitrogens with one attached hydrogen (secondary N) is 1. The van der Waals surface area contributed by atoms with Gasteiger partial charge in [-0.05, 0) is 26.0 Å². The van der Waals surface area contributed by atoms with Crippen molar-refractivity contribution >= 4 is 11.6 Å². The highest BCUT2D eigenvalue weighted by Crippen LogP contribution is 2.06. The Bertz CT molecular complexity index is 309. The summed E-state index contributed by atoms with van der Waals surface area (Å²) in [7, 11) is 0. The van der Waals surface area contributed by atoms with Gasteiger partial charge in [0.15, 0.2) is 0 Å². The summed E-state index contributed by atoms with van der Waals surface area (Å²) in [6, 6.07) is 3.03. The van der Waals surface area contributed by atoms with Crippen LogP contribution in [0.1, 0.15) is 12.6 Å². The lowest BCUT2D eigenvalue weighted by molar-refractivity contribution is -0.117. The van der Waals surface area contributed by atoms with Crippen LogP contribution in [0, 0.1) is 6.92 Å². The molecule has 4 heteroatoms. The Morgan fingerprint density at radius 3 is 2.92 bits per heavy atom. The molecule has 13 heavy (non-hydrogen) atoms. The number of anilines is 1. The number of hydrogen-bond donors (Lipinski definition) is 2. The second-order valence-corrected chi connectivity index (χ2v) is 2.96. The summed E-state index contributed by atoms with van der Waals surface area (Å²) in [6.45, 7) is 3.50. The van der Waals surface area contributed by atoms with Crippen molar-refractivity contribution in [1.82, 2.24) is 4.98 Å². The lowest BCUT2D eigenvalue weighted by Crippen LogP contribution is -2.32. The molecule has 1 aromatic heterocycles. The monoisotopic (exact) mass is 179 g/mol. The molecular weight excluding hydrogens is 166 g/mol. The molecule has 3 N–H and O–H groups in total. The molecule has 1 heterocycles. The van der Waals surface area contributed by atoms with E-state index >= 15 is 0 Å². The third-order valence-electron chi connectivity index (χ3n) is 1.58. The van der Waals surface area contributed by atoms with E-state index in [2.05, 4.69) is 10.3 Å². The summed E-state index contributed by atoms with van der Waals surface area (Å²) in [5.41, 5.74) is 6.99. The first-order chi connectivity index (χ1) is 6.09. The topological polar surface area (TPSA) is 68.0 Å². The molecule has 0 spiro atoms. The highest BCUT2D eigenvalue weighted by molar-refractivity contribution is 5.94. The number of amides is 1. The maximum atomic E-state index is 11.2. The minimum absolute atomic E-state index is 0.189. The first kappa shape index (κ1) is 9.67. The van der Waals surface area contributed by atoms with Crippen molar-refractivity contribution < 1.29 is 4.79 Å². The Morgan fingerprint density at radius 1 is 1.69 bits per heavy atom. The van der Waals surface area contributed by atoms with Gasteiger partial charge in [-0.2, -0.15) is 0 Å². The smallest absolute Gasteiger partial charge is 0.241 e. The van der Waals surface area contributed by atoms with E-state index in [0.717, 1.165) is 11.4 Å². The summed E-state index contributed by atoms with van der Waals surface area (Å²) in [6.07, 6.45) is 1.64. The quantitative estimate of drug-likeness (QED) is 0.701. The molecule has 1 atom stereocenters. The maximum absolute atomic E-state index is 11.2. The molecule has 0 fully saturated rings. The van der Waals surface area contributed by atoms with Crippen LogP contribution in [-0.4, -0.2) is 16.9 Å².